The Bertz CT molecular complexity index is 748. The van der Waals surface area contributed by atoms with E-state index in [1.807, 2.05) is 30.3 Å². The summed E-state index contributed by atoms with van der Waals surface area (Å²) in [4.78, 5) is 3.99. The zero-order chi connectivity index (χ0) is 16.9. The normalized spacial score (nSPS) is 11.8. The summed E-state index contributed by atoms with van der Waals surface area (Å²) in [6.45, 7) is 2.61. The highest BCUT2D eigenvalue weighted by molar-refractivity contribution is 7.89. The fourth-order valence-electron chi connectivity index (χ4n) is 2.29. The number of sulfonamides is 1. The maximum atomic E-state index is 12.9. The van der Waals surface area contributed by atoms with E-state index >= 15 is 0 Å². The van der Waals surface area contributed by atoms with Crippen molar-refractivity contribution in [1.82, 2.24) is 9.29 Å². The third-order valence-corrected chi connectivity index (χ3v) is 5.44. The van der Waals surface area contributed by atoms with Crippen molar-refractivity contribution in [3.8, 4) is 0 Å². The van der Waals surface area contributed by atoms with Crippen LogP contribution in [-0.2, 0) is 16.4 Å². The Morgan fingerprint density at radius 2 is 1.87 bits per heavy atom. The van der Waals surface area contributed by atoms with Crippen LogP contribution in [-0.4, -0.2) is 37.3 Å². The Morgan fingerprint density at radius 3 is 2.52 bits per heavy atom. The summed E-state index contributed by atoms with van der Waals surface area (Å²) in [6.07, 6.45) is 2.16. The molecule has 0 aliphatic carbocycles. The highest BCUT2D eigenvalue weighted by atomic mass is 32.2. The molecule has 6 nitrogen and oxygen atoms in total. The molecule has 0 radical (unpaired) electrons. The first-order valence-electron chi connectivity index (χ1n) is 7.41. The van der Waals surface area contributed by atoms with Crippen molar-refractivity contribution in [3.63, 3.8) is 0 Å². The van der Waals surface area contributed by atoms with E-state index in [2.05, 4.69) is 4.98 Å². The lowest BCUT2D eigenvalue weighted by molar-refractivity contribution is 0.422. The molecule has 0 aliphatic rings. The first-order valence-corrected chi connectivity index (χ1v) is 8.85. The van der Waals surface area contributed by atoms with Crippen LogP contribution in [0.3, 0.4) is 0 Å². The molecule has 1 aromatic heterocycles. The number of nitrogen functional groups attached to an aromatic ring is 1. The fourth-order valence-corrected chi connectivity index (χ4v) is 3.90. The Labute approximate surface area is 137 Å². The van der Waals surface area contributed by atoms with Gasteiger partial charge in [-0.2, -0.15) is 4.31 Å². The smallest absolute Gasteiger partial charge is 0.246 e. The summed E-state index contributed by atoms with van der Waals surface area (Å²) >= 11 is 0. The number of hydrogen-bond acceptors (Lipinski definition) is 5. The zero-order valence-corrected chi connectivity index (χ0v) is 14.0. The molecule has 0 bridgehead atoms. The van der Waals surface area contributed by atoms with Crippen LogP contribution in [0.1, 0.15) is 11.1 Å². The van der Waals surface area contributed by atoms with Crippen molar-refractivity contribution < 1.29 is 8.42 Å². The summed E-state index contributed by atoms with van der Waals surface area (Å²) in [5.41, 5.74) is 13.2. The number of nitrogens with zero attached hydrogens (tertiary/aromatic N) is 2. The van der Waals surface area contributed by atoms with Gasteiger partial charge in [0, 0.05) is 25.8 Å². The minimum Gasteiger partial charge on any atom is -0.383 e. The Morgan fingerprint density at radius 1 is 1.17 bits per heavy atom. The Kier molecular flexibility index (Phi) is 5.70. The van der Waals surface area contributed by atoms with Gasteiger partial charge in [0.1, 0.15) is 10.7 Å². The Hall–Kier alpha value is -1.96. The fraction of sp³-hybridized carbons (Fsp3) is 0.312. The number of hydrogen-bond donors (Lipinski definition) is 2. The van der Waals surface area contributed by atoms with Gasteiger partial charge in [-0.25, -0.2) is 13.4 Å². The van der Waals surface area contributed by atoms with Gasteiger partial charge in [0.25, 0.3) is 0 Å². The first-order chi connectivity index (χ1) is 10.9. The predicted octanol–water partition coefficient (Wildman–Crippen LogP) is 1.16. The molecule has 1 aromatic carbocycles. The van der Waals surface area contributed by atoms with E-state index in [-0.39, 0.29) is 23.8 Å². The van der Waals surface area contributed by atoms with Crippen molar-refractivity contribution in [2.75, 3.05) is 25.4 Å². The number of aromatic nitrogens is 1. The standard InChI is InChI=1S/C16H22N4O2S/c1-13-11-15(16(18)19-12-13)23(21,22)20(10-8-17)9-7-14-5-3-2-4-6-14/h2-6,11-12H,7-10,17H2,1H3,(H2,18,19). The maximum Gasteiger partial charge on any atom is 0.246 e. The van der Waals surface area contributed by atoms with E-state index in [0.717, 1.165) is 11.1 Å². The summed E-state index contributed by atoms with van der Waals surface area (Å²) in [7, 11) is -3.72. The molecule has 0 atom stereocenters. The van der Waals surface area contributed by atoms with E-state index in [1.165, 1.54) is 4.31 Å². The molecular weight excluding hydrogens is 312 g/mol. The molecule has 0 fully saturated rings. The van der Waals surface area contributed by atoms with Crippen molar-refractivity contribution in [3.05, 3.63) is 53.7 Å². The van der Waals surface area contributed by atoms with Gasteiger partial charge < -0.3 is 11.5 Å². The van der Waals surface area contributed by atoms with Gasteiger partial charge in [0.05, 0.1) is 0 Å². The summed E-state index contributed by atoms with van der Waals surface area (Å²) < 4.78 is 27.1. The summed E-state index contributed by atoms with van der Waals surface area (Å²) in [5.74, 6) is 0.0114. The lowest BCUT2D eigenvalue weighted by atomic mass is 10.1. The molecule has 0 saturated carbocycles. The lowest BCUT2D eigenvalue weighted by Gasteiger charge is -2.22. The number of nitrogens with two attached hydrogens (primary N) is 2. The van der Waals surface area contributed by atoms with E-state index in [0.29, 0.717) is 13.0 Å². The van der Waals surface area contributed by atoms with Crippen molar-refractivity contribution in [1.29, 1.82) is 0 Å². The number of pyridine rings is 1. The molecule has 0 unspecified atom stereocenters. The Balaban J connectivity index is 2.26. The molecular formula is C16H22N4O2S. The number of aryl methyl sites for hydroxylation is 1. The lowest BCUT2D eigenvalue weighted by Crippen LogP contribution is -2.37. The number of anilines is 1. The number of rotatable bonds is 7. The molecule has 2 aromatic rings. The van der Waals surface area contributed by atoms with Crippen LogP contribution in [0.5, 0.6) is 0 Å². The second-order valence-electron chi connectivity index (χ2n) is 5.32. The second kappa shape index (κ2) is 7.54. The van der Waals surface area contributed by atoms with Crippen LogP contribution in [0, 0.1) is 6.92 Å². The van der Waals surface area contributed by atoms with Crippen LogP contribution >= 0.6 is 0 Å². The maximum absolute atomic E-state index is 12.9. The molecule has 0 amide bonds. The molecule has 23 heavy (non-hydrogen) atoms. The van der Waals surface area contributed by atoms with Gasteiger partial charge in [0.2, 0.25) is 10.0 Å². The van der Waals surface area contributed by atoms with Crippen molar-refractivity contribution >= 4 is 15.8 Å². The first kappa shape index (κ1) is 17.4. The van der Waals surface area contributed by atoms with Gasteiger partial charge >= 0.3 is 0 Å². The molecule has 7 heteroatoms. The van der Waals surface area contributed by atoms with Gasteiger partial charge in [-0.05, 0) is 30.5 Å². The highest BCUT2D eigenvalue weighted by Crippen LogP contribution is 2.21. The second-order valence-corrected chi connectivity index (χ2v) is 7.23. The van der Waals surface area contributed by atoms with Gasteiger partial charge in [-0.3, -0.25) is 0 Å². The van der Waals surface area contributed by atoms with Crippen LogP contribution in [0.2, 0.25) is 0 Å². The van der Waals surface area contributed by atoms with Gasteiger partial charge in [-0.1, -0.05) is 30.3 Å². The summed E-state index contributed by atoms with van der Waals surface area (Å²) in [5, 5.41) is 0. The third-order valence-electron chi connectivity index (χ3n) is 3.51. The molecule has 0 saturated heterocycles. The predicted molar refractivity (Wildman–Crippen MR) is 91.3 cm³/mol. The largest absolute Gasteiger partial charge is 0.383 e. The molecule has 4 N–H and O–H groups in total. The SMILES string of the molecule is Cc1cnc(N)c(S(=O)(=O)N(CCN)CCc2ccccc2)c1. The average Bonchev–Trinajstić information content (AvgIpc) is 2.54. The van der Waals surface area contributed by atoms with E-state index in [9.17, 15) is 8.42 Å². The van der Waals surface area contributed by atoms with Crippen molar-refractivity contribution in [2.24, 2.45) is 5.73 Å². The third kappa shape index (κ3) is 4.28. The molecule has 124 valence electrons. The van der Waals surface area contributed by atoms with Gasteiger partial charge in [-0.15, -0.1) is 0 Å². The zero-order valence-electron chi connectivity index (χ0n) is 13.1. The van der Waals surface area contributed by atoms with Gasteiger partial charge in [0.15, 0.2) is 0 Å². The van der Waals surface area contributed by atoms with E-state index in [4.69, 9.17) is 11.5 Å². The molecule has 0 spiro atoms. The highest BCUT2D eigenvalue weighted by Gasteiger charge is 2.26. The molecule has 2 rings (SSSR count). The van der Waals surface area contributed by atoms with Crippen LogP contribution in [0.25, 0.3) is 0 Å². The summed E-state index contributed by atoms with van der Waals surface area (Å²) in [6, 6.07) is 11.3. The topological polar surface area (TPSA) is 102 Å². The van der Waals surface area contributed by atoms with E-state index in [1.54, 1.807) is 19.2 Å². The number of benzene rings is 1. The van der Waals surface area contributed by atoms with Crippen LogP contribution < -0.4 is 11.5 Å². The minimum absolute atomic E-state index is 0.0114. The van der Waals surface area contributed by atoms with E-state index < -0.39 is 10.0 Å². The molecule has 1 heterocycles. The monoisotopic (exact) mass is 334 g/mol. The molecule has 0 aliphatic heterocycles. The average molecular weight is 334 g/mol. The van der Waals surface area contributed by atoms with Crippen molar-refractivity contribution in [2.45, 2.75) is 18.2 Å². The minimum atomic E-state index is -3.72. The van der Waals surface area contributed by atoms with Crippen LogP contribution in [0.15, 0.2) is 47.5 Å². The quantitative estimate of drug-likeness (QED) is 0.791. The van der Waals surface area contributed by atoms with Crippen LogP contribution in [0.4, 0.5) is 5.82 Å².